The Morgan fingerprint density at radius 3 is 2.69 bits per heavy atom. The fraction of sp³-hybridized carbons (Fsp3) is 0.0833. The van der Waals surface area contributed by atoms with Crippen LogP contribution in [0.4, 0.5) is 4.79 Å². The Morgan fingerprint density at radius 1 is 1.25 bits per heavy atom. The normalized spacial score (nSPS) is 10.0. The smallest absolute Gasteiger partial charge is 0.308 e. The molecule has 0 spiro atoms. The zero-order valence-corrected chi connectivity index (χ0v) is 8.54. The van der Waals surface area contributed by atoms with Crippen molar-refractivity contribution in [2.75, 3.05) is 0 Å². The number of aromatic nitrogens is 2. The summed E-state index contributed by atoms with van der Waals surface area (Å²) in [5.41, 5.74) is 1.01. The number of carbonyl (C=O) groups excluding carboxylic acids is 1. The molecule has 0 aliphatic rings. The minimum atomic E-state index is -1.26. The summed E-state index contributed by atoms with van der Waals surface area (Å²) in [5.74, 6) is 0.453. The van der Waals surface area contributed by atoms with Crippen molar-refractivity contribution in [1.29, 1.82) is 0 Å². The molecule has 80 valence electrons. The highest BCUT2D eigenvalue weighted by molar-refractivity contribution is 5.51. The van der Waals surface area contributed by atoms with Gasteiger partial charge >= 0.3 is 5.82 Å². The van der Waals surface area contributed by atoms with Gasteiger partial charge in [-0.15, -0.1) is 0 Å². The third-order valence-electron chi connectivity index (χ3n) is 2.22. The number of hydrogen-bond donors (Lipinski definition) is 0. The number of nitrogens with zero attached hydrogens (tertiary/aromatic N) is 2. The van der Waals surface area contributed by atoms with E-state index in [1.165, 1.54) is 6.20 Å². The maximum Gasteiger partial charge on any atom is 0.308 e. The minimum absolute atomic E-state index is 0.453. The summed E-state index contributed by atoms with van der Waals surface area (Å²) in [6.45, 7) is 0. The molecule has 0 saturated heterocycles. The van der Waals surface area contributed by atoms with Crippen molar-refractivity contribution >= 4 is 6.09 Å². The lowest BCUT2D eigenvalue weighted by atomic mass is 10.1. The third-order valence-corrected chi connectivity index (χ3v) is 2.22. The van der Waals surface area contributed by atoms with Crippen molar-refractivity contribution in [3.05, 3.63) is 60.2 Å². The quantitative estimate of drug-likeness (QED) is 0.669. The first kappa shape index (κ1) is 10.3. The van der Waals surface area contributed by atoms with E-state index in [0.29, 0.717) is 12.2 Å². The Labute approximate surface area is 92.8 Å². The van der Waals surface area contributed by atoms with Gasteiger partial charge in [0.25, 0.3) is 0 Å². The summed E-state index contributed by atoms with van der Waals surface area (Å²) in [6, 6.07) is 11.1. The first-order valence-electron chi connectivity index (χ1n) is 4.88. The fourth-order valence-corrected chi connectivity index (χ4v) is 1.48. The molecule has 1 heterocycles. The van der Waals surface area contributed by atoms with Gasteiger partial charge in [-0.3, -0.25) is 0 Å². The molecule has 0 radical (unpaired) electrons. The Bertz CT molecular complexity index is 497. The highest BCUT2D eigenvalue weighted by atomic mass is 16.4. The van der Waals surface area contributed by atoms with Crippen molar-refractivity contribution in [3.63, 3.8) is 0 Å². The van der Waals surface area contributed by atoms with Gasteiger partial charge in [0.2, 0.25) is 6.09 Å². The van der Waals surface area contributed by atoms with Gasteiger partial charge in [-0.25, -0.2) is 0 Å². The van der Waals surface area contributed by atoms with Crippen molar-refractivity contribution in [2.45, 2.75) is 6.42 Å². The first-order valence-corrected chi connectivity index (χ1v) is 4.88. The van der Waals surface area contributed by atoms with E-state index in [4.69, 9.17) is 0 Å². The van der Waals surface area contributed by atoms with E-state index in [0.717, 1.165) is 10.1 Å². The largest absolute Gasteiger partial charge is 0.510 e. The molecule has 0 atom stereocenters. The van der Waals surface area contributed by atoms with E-state index < -0.39 is 6.09 Å². The molecule has 0 bridgehead atoms. The van der Waals surface area contributed by atoms with Crippen LogP contribution >= 0.6 is 0 Å². The summed E-state index contributed by atoms with van der Waals surface area (Å²) in [5, 5.41) is 10.8. The molecule has 4 nitrogen and oxygen atoms in total. The fourth-order valence-electron chi connectivity index (χ4n) is 1.48. The zero-order chi connectivity index (χ0) is 11.4. The van der Waals surface area contributed by atoms with Gasteiger partial charge in [-0.05, 0) is 5.56 Å². The van der Waals surface area contributed by atoms with E-state index in [-0.39, 0.29) is 0 Å². The van der Waals surface area contributed by atoms with Crippen LogP contribution in [0.3, 0.4) is 0 Å². The Kier molecular flexibility index (Phi) is 2.91. The van der Waals surface area contributed by atoms with Gasteiger partial charge in [-0.1, -0.05) is 35.3 Å². The summed E-state index contributed by atoms with van der Waals surface area (Å²) >= 11 is 0. The molecule has 0 N–H and O–H groups in total. The molecular weight excluding hydrogens is 204 g/mol. The number of carbonyl (C=O) groups is 1. The van der Waals surface area contributed by atoms with Crippen LogP contribution in [0.15, 0.2) is 48.8 Å². The van der Waals surface area contributed by atoms with Crippen LogP contribution in [0.2, 0.25) is 0 Å². The van der Waals surface area contributed by atoms with Crippen molar-refractivity contribution in [1.82, 2.24) is 4.98 Å². The van der Waals surface area contributed by atoms with Crippen LogP contribution in [0.25, 0.3) is 0 Å². The maximum atomic E-state index is 10.8. The molecule has 0 aliphatic heterocycles. The second-order valence-corrected chi connectivity index (χ2v) is 3.33. The van der Waals surface area contributed by atoms with E-state index in [2.05, 4.69) is 4.98 Å². The molecular formula is C12H10N2O2. The Balaban J connectivity index is 2.31. The molecule has 2 aromatic rings. The van der Waals surface area contributed by atoms with Crippen molar-refractivity contribution in [2.24, 2.45) is 0 Å². The molecule has 1 aromatic heterocycles. The van der Waals surface area contributed by atoms with Crippen LogP contribution in [-0.2, 0) is 6.42 Å². The average molecular weight is 214 g/mol. The third kappa shape index (κ3) is 2.23. The zero-order valence-electron chi connectivity index (χ0n) is 8.54. The Morgan fingerprint density at radius 2 is 2.00 bits per heavy atom. The van der Waals surface area contributed by atoms with E-state index >= 15 is 0 Å². The molecule has 0 saturated carbocycles. The molecule has 4 heteroatoms. The highest BCUT2D eigenvalue weighted by Gasteiger charge is 2.12. The summed E-state index contributed by atoms with van der Waals surface area (Å²) in [7, 11) is 0. The van der Waals surface area contributed by atoms with Crippen LogP contribution in [0.1, 0.15) is 11.4 Å². The van der Waals surface area contributed by atoms with Gasteiger partial charge in [0.15, 0.2) is 0 Å². The molecule has 16 heavy (non-hydrogen) atoms. The second-order valence-electron chi connectivity index (χ2n) is 3.33. The first-order chi connectivity index (χ1) is 7.77. The number of rotatable bonds is 2. The summed E-state index contributed by atoms with van der Waals surface area (Å²) < 4.78 is 1.02. The van der Waals surface area contributed by atoms with Crippen LogP contribution in [0.5, 0.6) is 0 Å². The predicted molar refractivity (Wildman–Crippen MR) is 54.5 cm³/mol. The van der Waals surface area contributed by atoms with Crippen molar-refractivity contribution < 1.29 is 14.5 Å². The molecule has 0 unspecified atom stereocenters. The molecule has 1 aromatic carbocycles. The van der Waals surface area contributed by atoms with Gasteiger partial charge in [0.05, 0.1) is 6.42 Å². The van der Waals surface area contributed by atoms with E-state index in [9.17, 15) is 9.90 Å². The number of hydrogen-bond acceptors (Lipinski definition) is 3. The number of benzene rings is 1. The van der Waals surface area contributed by atoms with E-state index in [1.807, 2.05) is 30.3 Å². The molecule has 0 fully saturated rings. The Hall–Kier alpha value is -2.23. The molecule has 0 aliphatic carbocycles. The standard InChI is InChI=1S/C12H10N2O2/c15-12(16)14-8-4-7-13-11(14)9-10-5-2-1-3-6-10/h1-8H,9H2. The number of carboxylic acid groups (broad SMARTS) is 1. The van der Waals surface area contributed by atoms with Gasteiger partial charge in [0.1, 0.15) is 12.4 Å². The summed E-state index contributed by atoms with van der Waals surface area (Å²) in [6.07, 6.45) is 2.20. The lowest BCUT2D eigenvalue weighted by Gasteiger charge is -2.03. The van der Waals surface area contributed by atoms with Gasteiger partial charge in [0, 0.05) is 6.07 Å². The van der Waals surface area contributed by atoms with Gasteiger partial charge < -0.3 is 9.90 Å². The topological polar surface area (TPSA) is 56.9 Å². The van der Waals surface area contributed by atoms with Crippen LogP contribution < -0.4 is 9.67 Å². The molecule has 0 amide bonds. The SMILES string of the molecule is O=C([O-])[n+]1cccnc1Cc1ccccc1. The molecule has 2 rings (SSSR count). The lowest BCUT2D eigenvalue weighted by molar-refractivity contribution is -0.640. The van der Waals surface area contributed by atoms with Crippen molar-refractivity contribution in [3.8, 4) is 0 Å². The average Bonchev–Trinajstić information content (AvgIpc) is 2.31. The summed E-state index contributed by atoms with van der Waals surface area (Å²) in [4.78, 5) is 14.9. The minimum Gasteiger partial charge on any atom is -0.510 e. The van der Waals surface area contributed by atoms with Crippen LogP contribution in [0, 0.1) is 0 Å². The lowest BCUT2D eigenvalue weighted by Crippen LogP contribution is -2.54. The van der Waals surface area contributed by atoms with Crippen LogP contribution in [-0.4, -0.2) is 11.1 Å². The monoisotopic (exact) mass is 214 g/mol. The van der Waals surface area contributed by atoms with E-state index in [1.54, 1.807) is 12.3 Å². The second kappa shape index (κ2) is 4.53. The predicted octanol–water partition coefficient (Wildman–Crippen LogP) is 0.151. The highest BCUT2D eigenvalue weighted by Crippen LogP contribution is 2.02. The van der Waals surface area contributed by atoms with Gasteiger partial charge in [-0.2, -0.15) is 4.57 Å². The maximum absolute atomic E-state index is 10.8.